The van der Waals surface area contributed by atoms with Crippen LogP contribution in [0.25, 0.3) is 0 Å². The molecule has 0 saturated carbocycles. The highest BCUT2D eigenvalue weighted by Crippen LogP contribution is 2.08. The lowest BCUT2D eigenvalue weighted by molar-refractivity contribution is -0.0488. The molecule has 0 heterocycles. The molecule has 1 rings (SSSR count). The van der Waals surface area contributed by atoms with E-state index in [-0.39, 0.29) is 19.3 Å². The van der Waals surface area contributed by atoms with Gasteiger partial charge in [-0.1, -0.05) is 30.3 Å². The van der Waals surface area contributed by atoms with E-state index in [4.69, 9.17) is 14.6 Å². The fourth-order valence-corrected chi connectivity index (χ4v) is 1.42. The van der Waals surface area contributed by atoms with Gasteiger partial charge in [0.15, 0.2) is 0 Å². The highest BCUT2D eigenvalue weighted by atomic mass is 16.7. The molecular formula is C12H18O3. The number of aliphatic hydroxyl groups is 1. The number of benzene rings is 1. The molecule has 0 bridgehead atoms. The molecule has 1 aromatic rings. The Morgan fingerprint density at radius 1 is 1.27 bits per heavy atom. The van der Waals surface area contributed by atoms with Crippen LogP contribution < -0.4 is 0 Å². The van der Waals surface area contributed by atoms with Gasteiger partial charge in [-0.2, -0.15) is 0 Å². The zero-order chi connectivity index (χ0) is 10.9. The standard InChI is InChI=1S/C12H18O3/c1-14-10-15-9-12(8-13)7-11-5-3-2-4-6-11/h2-6,12-13H,7-10H2,1H3/t12-/m0/s1. The number of rotatable bonds is 7. The van der Waals surface area contributed by atoms with Crippen LogP contribution in [0.4, 0.5) is 0 Å². The maximum Gasteiger partial charge on any atom is 0.146 e. The minimum Gasteiger partial charge on any atom is -0.396 e. The molecule has 1 N–H and O–H groups in total. The molecule has 84 valence electrons. The summed E-state index contributed by atoms with van der Waals surface area (Å²) in [6.45, 7) is 0.948. The third-order valence-corrected chi connectivity index (χ3v) is 2.18. The topological polar surface area (TPSA) is 38.7 Å². The van der Waals surface area contributed by atoms with Crippen molar-refractivity contribution in [1.82, 2.24) is 0 Å². The lowest BCUT2D eigenvalue weighted by Crippen LogP contribution is -2.17. The zero-order valence-corrected chi connectivity index (χ0v) is 9.06. The highest BCUT2D eigenvalue weighted by Gasteiger charge is 2.08. The molecule has 0 saturated heterocycles. The van der Waals surface area contributed by atoms with Crippen LogP contribution in [-0.2, 0) is 15.9 Å². The molecule has 1 aromatic carbocycles. The number of methoxy groups -OCH3 is 1. The minimum absolute atomic E-state index is 0.138. The van der Waals surface area contributed by atoms with Crippen molar-refractivity contribution in [1.29, 1.82) is 0 Å². The summed E-state index contributed by atoms with van der Waals surface area (Å²) in [5, 5.41) is 9.17. The van der Waals surface area contributed by atoms with Crippen LogP contribution in [0, 0.1) is 5.92 Å². The van der Waals surface area contributed by atoms with Crippen LogP contribution in [-0.4, -0.2) is 32.2 Å². The summed E-state index contributed by atoms with van der Waals surface area (Å²) in [4.78, 5) is 0. The van der Waals surface area contributed by atoms with Crippen LogP contribution in [0.2, 0.25) is 0 Å². The van der Waals surface area contributed by atoms with Crippen molar-refractivity contribution in [2.45, 2.75) is 6.42 Å². The normalized spacial score (nSPS) is 12.7. The molecule has 0 aliphatic heterocycles. The predicted octanol–water partition coefficient (Wildman–Crippen LogP) is 1.46. The average Bonchev–Trinajstić information content (AvgIpc) is 2.29. The van der Waals surface area contributed by atoms with Gasteiger partial charge in [-0.3, -0.25) is 0 Å². The summed E-state index contributed by atoms with van der Waals surface area (Å²) in [5.41, 5.74) is 1.22. The van der Waals surface area contributed by atoms with E-state index in [0.717, 1.165) is 6.42 Å². The molecule has 0 aliphatic carbocycles. The molecule has 0 amide bonds. The van der Waals surface area contributed by atoms with E-state index in [2.05, 4.69) is 12.1 Å². The lowest BCUT2D eigenvalue weighted by atomic mass is 10.0. The maximum absolute atomic E-state index is 9.17. The molecule has 0 aromatic heterocycles. The van der Waals surface area contributed by atoms with Gasteiger partial charge in [0.05, 0.1) is 6.61 Å². The van der Waals surface area contributed by atoms with E-state index < -0.39 is 0 Å². The second-order valence-electron chi connectivity index (χ2n) is 3.52. The molecule has 3 nitrogen and oxygen atoms in total. The fraction of sp³-hybridized carbons (Fsp3) is 0.500. The molecular weight excluding hydrogens is 192 g/mol. The second-order valence-corrected chi connectivity index (χ2v) is 3.52. The number of hydrogen-bond acceptors (Lipinski definition) is 3. The van der Waals surface area contributed by atoms with E-state index in [1.807, 2.05) is 18.2 Å². The van der Waals surface area contributed by atoms with Gasteiger partial charge < -0.3 is 14.6 Å². The molecule has 0 spiro atoms. The Morgan fingerprint density at radius 2 is 2.00 bits per heavy atom. The third kappa shape index (κ3) is 4.93. The Bertz CT molecular complexity index is 248. The Hall–Kier alpha value is -0.900. The fourth-order valence-electron chi connectivity index (χ4n) is 1.42. The van der Waals surface area contributed by atoms with Gasteiger partial charge in [0.1, 0.15) is 6.79 Å². The summed E-state index contributed by atoms with van der Waals surface area (Å²) in [6.07, 6.45) is 0.834. The number of aliphatic hydroxyl groups excluding tert-OH is 1. The highest BCUT2D eigenvalue weighted by molar-refractivity contribution is 5.15. The van der Waals surface area contributed by atoms with Crippen molar-refractivity contribution in [2.75, 3.05) is 27.1 Å². The summed E-state index contributed by atoms with van der Waals surface area (Å²) in [7, 11) is 1.59. The minimum atomic E-state index is 0.138. The summed E-state index contributed by atoms with van der Waals surface area (Å²) in [6, 6.07) is 10.1. The van der Waals surface area contributed by atoms with Crippen molar-refractivity contribution in [3.63, 3.8) is 0 Å². The Balaban J connectivity index is 2.33. The summed E-state index contributed by atoms with van der Waals surface area (Å²) in [5.74, 6) is 0.141. The van der Waals surface area contributed by atoms with Gasteiger partial charge in [0.25, 0.3) is 0 Å². The van der Waals surface area contributed by atoms with Crippen molar-refractivity contribution in [2.24, 2.45) is 5.92 Å². The van der Waals surface area contributed by atoms with Crippen LogP contribution >= 0.6 is 0 Å². The van der Waals surface area contributed by atoms with Crippen LogP contribution in [0.1, 0.15) is 5.56 Å². The van der Waals surface area contributed by atoms with Crippen molar-refractivity contribution in [3.8, 4) is 0 Å². The first kappa shape index (κ1) is 12.2. The summed E-state index contributed by atoms with van der Waals surface area (Å²) < 4.78 is 10.0. The van der Waals surface area contributed by atoms with E-state index in [0.29, 0.717) is 6.61 Å². The number of hydrogen-bond donors (Lipinski definition) is 1. The van der Waals surface area contributed by atoms with Crippen LogP contribution in [0.5, 0.6) is 0 Å². The smallest absolute Gasteiger partial charge is 0.146 e. The van der Waals surface area contributed by atoms with E-state index in [1.54, 1.807) is 7.11 Å². The molecule has 0 unspecified atom stereocenters. The Morgan fingerprint density at radius 3 is 2.60 bits per heavy atom. The molecule has 1 atom stereocenters. The molecule has 0 radical (unpaired) electrons. The van der Waals surface area contributed by atoms with Gasteiger partial charge in [-0.25, -0.2) is 0 Å². The predicted molar refractivity (Wildman–Crippen MR) is 58.5 cm³/mol. The first-order valence-corrected chi connectivity index (χ1v) is 5.08. The number of ether oxygens (including phenoxy) is 2. The second kappa shape index (κ2) is 7.40. The quantitative estimate of drug-likeness (QED) is 0.547. The van der Waals surface area contributed by atoms with Gasteiger partial charge in [-0.05, 0) is 12.0 Å². The zero-order valence-electron chi connectivity index (χ0n) is 9.06. The van der Waals surface area contributed by atoms with Gasteiger partial charge in [0, 0.05) is 19.6 Å². The van der Waals surface area contributed by atoms with Crippen molar-refractivity contribution >= 4 is 0 Å². The van der Waals surface area contributed by atoms with E-state index in [1.165, 1.54) is 5.56 Å². The molecule has 15 heavy (non-hydrogen) atoms. The summed E-state index contributed by atoms with van der Waals surface area (Å²) >= 11 is 0. The monoisotopic (exact) mass is 210 g/mol. The van der Waals surface area contributed by atoms with Gasteiger partial charge in [-0.15, -0.1) is 0 Å². The van der Waals surface area contributed by atoms with Crippen LogP contribution in [0.15, 0.2) is 30.3 Å². The average molecular weight is 210 g/mol. The molecule has 3 heteroatoms. The molecule has 0 aliphatic rings. The van der Waals surface area contributed by atoms with Crippen molar-refractivity contribution in [3.05, 3.63) is 35.9 Å². The first-order valence-electron chi connectivity index (χ1n) is 5.08. The largest absolute Gasteiger partial charge is 0.396 e. The van der Waals surface area contributed by atoms with Gasteiger partial charge >= 0.3 is 0 Å². The molecule has 0 fully saturated rings. The van der Waals surface area contributed by atoms with Crippen molar-refractivity contribution < 1.29 is 14.6 Å². The first-order chi connectivity index (χ1) is 7.36. The van der Waals surface area contributed by atoms with E-state index in [9.17, 15) is 0 Å². The Kier molecular flexibility index (Phi) is 6.00. The van der Waals surface area contributed by atoms with Crippen LogP contribution in [0.3, 0.4) is 0 Å². The van der Waals surface area contributed by atoms with Gasteiger partial charge in [0.2, 0.25) is 0 Å². The maximum atomic E-state index is 9.17. The van der Waals surface area contributed by atoms with E-state index >= 15 is 0 Å². The lowest BCUT2D eigenvalue weighted by Gasteiger charge is -2.13. The SMILES string of the molecule is COCOC[C@H](CO)Cc1ccccc1. The Labute approximate surface area is 90.6 Å². The third-order valence-electron chi connectivity index (χ3n) is 2.18.